The highest BCUT2D eigenvalue weighted by molar-refractivity contribution is 6.32. The number of rotatable bonds is 10. The zero-order valence-electron chi connectivity index (χ0n) is 20.1. The van der Waals surface area contributed by atoms with Crippen molar-refractivity contribution in [3.8, 4) is 11.5 Å². The van der Waals surface area contributed by atoms with E-state index in [1.165, 1.54) is 24.3 Å². The predicted octanol–water partition coefficient (Wildman–Crippen LogP) is 6.96. The molecule has 0 aliphatic heterocycles. The number of aliphatic hydroxyl groups is 1. The van der Waals surface area contributed by atoms with Crippen LogP contribution in [-0.4, -0.2) is 34.7 Å². The number of carbonyl (C=O) groups excluding carboxylic acids is 2. The Balaban J connectivity index is 1.45. The number of nitrogens with zero attached hydrogens (tertiary/aromatic N) is 1. The number of Topliss-reactive ketones (excluding diaryl/α,β-unsaturated/α-hetero) is 1. The Morgan fingerprint density at radius 3 is 2.05 bits per heavy atom. The van der Waals surface area contributed by atoms with Crippen LogP contribution in [0.5, 0.6) is 11.5 Å². The Hall–Kier alpha value is -4.07. The molecule has 0 radical (unpaired) electrons. The number of ketones is 1. The van der Waals surface area contributed by atoms with Crippen LogP contribution in [0.15, 0.2) is 103 Å². The van der Waals surface area contributed by atoms with E-state index in [1.54, 1.807) is 78.9 Å². The molecule has 1 amide bonds. The quantitative estimate of drug-likeness (QED) is 0.223. The van der Waals surface area contributed by atoms with Gasteiger partial charge in [-0.25, -0.2) is 8.78 Å². The third-order valence-electron chi connectivity index (χ3n) is 5.79. The standard InChI is InChI=1S/C30H24ClF2NO4/c31-25-8-4-5-9-26(25)38-24-16-14-23(15-17-24)30(37)34(19-27(32)33)18-20-10-12-22(13-11-20)29(36)28(35)21-6-2-1-3-7-21/h1-17,27-28,35H,18-19H2. The Bertz CT molecular complexity index is 1380. The third kappa shape index (κ3) is 6.82. The van der Waals surface area contributed by atoms with E-state index in [-0.39, 0.29) is 17.7 Å². The number of carbonyl (C=O) groups is 2. The van der Waals surface area contributed by atoms with Crippen LogP contribution < -0.4 is 4.74 Å². The van der Waals surface area contributed by atoms with E-state index in [1.807, 2.05) is 0 Å². The van der Waals surface area contributed by atoms with Gasteiger partial charge in [0.2, 0.25) is 0 Å². The topological polar surface area (TPSA) is 66.8 Å². The van der Waals surface area contributed by atoms with Gasteiger partial charge in [0, 0.05) is 17.7 Å². The minimum atomic E-state index is -2.73. The molecule has 5 nitrogen and oxygen atoms in total. The van der Waals surface area contributed by atoms with Crippen LogP contribution in [0.1, 0.15) is 37.9 Å². The van der Waals surface area contributed by atoms with Crippen molar-refractivity contribution in [3.63, 3.8) is 0 Å². The summed E-state index contributed by atoms with van der Waals surface area (Å²) in [5.74, 6) is -0.171. The van der Waals surface area contributed by atoms with E-state index in [4.69, 9.17) is 16.3 Å². The summed E-state index contributed by atoms with van der Waals surface area (Å²) in [7, 11) is 0. The van der Waals surface area contributed by atoms with Gasteiger partial charge in [0.05, 0.1) is 11.6 Å². The smallest absolute Gasteiger partial charge is 0.255 e. The maximum absolute atomic E-state index is 13.3. The summed E-state index contributed by atoms with van der Waals surface area (Å²) in [5.41, 5.74) is 1.52. The van der Waals surface area contributed by atoms with Gasteiger partial charge in [0.25, 0.3) is 12.3 Å². The van der Waals surface area contributed by atoms with Gasteiger partial charge in [0.15, 0.2) is 5.78 Å². The lowest BCUT2D eigenvalue weighted by atomic mass is 9.99. The van der Waals surface area contributed by atoms with Crippen LogP contribution in [0.4, 0.5) is 8.78 Å². The Labute approximate surface area is 223 Å². The lowest BCUT2D eigenvalue weighted by Gasteiger charge is -2.23. The van der Waals surface area contributed by atoms with Crippen molar-refractivity contribution in [1.29, 1.82) is 0 Å². The largest absolute Gasteiger partial charge is 0.456 e. The molecule has 8 heteroatoms. The first kappa shape index (κ1) is 27.0. The highest BCUT2D eigenvalue weighted by Gasteiger charge is 2.22. The van der Waals surface area contributed by atoms with Crippen LogP contribution in [0.3, 0.4) is 0 Å². The van der Waals surface area contributed by atoms with Gasteiger partial charge < -0.3 is 14.7 Å². The molecule has 0 spiro atoms. The molecular formula is C30H24ClF2NO4. The summed E-state index contributed by atoms with van der Waals surface area (Å²) >= 11 is 6.11. The lowest BCUT2D eigenvalue weighted by Crippen LogP contribution is -2.34. The summed E-state index contributed by atoms with van der Waals surface area (Å²) in [6.45, 7) is -0.846. The second-order valence-electron chi connectivity index (χ2n) is 8.51. The molecule has 0 fully saturated rings. The molecular weight excluding hydrogens is 512 g/mol. The van der Waals surface area contributed by atoms with Crippen LogP contribution in [0.25, 0.3) is 0 Å². The van der Waals surface area contributed by atoms with Crippen molar-refractivity contribution >= 4 is 23.3 Å². The summed E-state index contributed by atoms with van der Waals surface area (Å²) < 4.78 is 32.4. The molecule has 0 aliphatic carbocycles. The number of benzene rings is 4. The van der Waals surface area contributed by atoms with Gasteiger partial charge >= 0.3 is 0 Å². The molecule has 0 aliphatic rings. The van der Waals surface area contributed by atoms with Crippen LogP contribution in [0, 0.1) is 0 Å². The molecule has 194 valence electrons. The van der Waals surface area contributed by atoms with E-state index >= 15 is 0 Å². The fourth-order valence-corrected chi connectivity index (χ4v) is 4.00. The number of amides is 1. The van der Waals surface area contributed by atoms with Crippen molar-refractivity contribution in [1.82, 2.24) is 4.90 Å². The van der Waals surface area contributed by atoms with Crippen molar-refractivity contribution < 1.29 is 28.2 Å². The number of hydrogen-bond donors (Lipinski definition) is 1. The first-order valence-electron chi connectivity index (χ1n) is 11.8. The minimum absolute atomic E-state index is 0.0866. The number of para-hydroxylation sites is 1. The highest BCUT2D eigenvalue weighted by Crippen LogP contribution is 2.29. The zero-order chi connectivity index (χ0) is 27.1. The van der Waals surface area contributed by atoms with Gasteiger partial charge in [-0.05, 0) is 47.5 Å². The van der Waals surface area contributed by atoms with Gasteiger partial charge in [-0.3, -0.25) is 9.59 Å². The first-order valence-corrected chi connectivity index (χ1v) is 12.2. The molecule has 0 heterocycles. The predicted molar refractivity (Wildman–Crippen MR) is 141 cm³/mol. The molecule has 0 saturated carbocycles. The monoisotopic (exact) mass is 535 g/mol. The third-order valence-corrected chi connectivity index (χ3v) is 6.10. The van der Waals surface area contributed by atoms with Crippen molar-refractivity contribution in [2.75, 3.05) is 6.54 Å². The molecule has 4 aromatic carbocycles. The molecule has 4 rings (SSSR count). The molecule has 1 N–H and O–H groups in total. The highest BCUT2D eigenvalue weighted by atomic mass is 35.5. The van der Waals surface area contributed by atoms with Gasteiger partial charge in [-0.1, -0.05) is 78.3 Å². The summed E-state index contributed by atoms with van der Waals surface area (Å²) in [5, 5.41) is 10.8. The van der Waals surface area contributed by atoms with E-state index < -0.39 is 30.8 Å². The van der Waals surface area contributed by atoms with Crippen LogP contribution >= 0.6 is 11.6 Å². The number of aliphatic hydroxyl groups excluding tert-OH is 1. The molecule has 0 saturated heterocycles. The molecule has 0 aromatic heterocycles. The Morgan fingerprint density at radius 2 is 1.42 bits per heavy atom. The maximum atomic E-state index is 13.3. The van der Waals surface area contributed by atoms with Gasteiger partial charge in [-0.15, -0.1) is 0 Å². The average Bonchev–Trinajstić information content (AvgIpc) is 2.94. The lowest BCUT2D eigenvalue weighted by molar-refractivity contribution is 0.0535. The van der Waals surface area contributed by atoms with E-state index in [2.05, 4.69) is 0 Å². The van der Waals surface area contributed by atoms with E-state index in [0.29, 0.717) is 27.6 Å². The fourth-order valence-electron chi connectivity index (χ4n) is 3.83. The molecule has 1 unspecified atom stereocenters. The minimum Gasteiger partial charge on any atom is -0.456 e. The van der Waals surface area contributed by atoms with Gasteiger partial charge in [-0.2, -0.15) is 0 Å². The van der Waals surface area contributed by atoms with E-state index in [0.717, 1.165) is 4.90 Å². The second kappa shape index (κ2) is 12.4. The fraction of sp³-hybridized carbons (Fsp3) is 0.133. The van der Waals surface area contributed by atoms with Crippen molar-refractivity contribution in [2.24, 2.45) is 0 Å². The second-order valence-corrected chi connectivity index (χ2v) is 8.92. The van der Waals surface area contributed by atoms with Crippen molar-refractivity contribution in [3.05, 3.63) is 130 Å². The Morgan fingerprint density at radius 1 is 0.816 bits per heavy atom. The van der Waals surface area contributed by atoms with Crippen LogP contribution in [-0.2, 0) is 6.54 Å². The van der Waals surface area contributed by atoms with Gasteiger partial charge in [0.1, 0.15) is 17.6 Å². The molecule has 4 aromatic rings. The Kier molecular flexibility index (Phi) is 8.84. The number of halogens is 3. The molecule has 0 bridgehead atoms. The number of alkyl halides is 2. The van der Waals surface area contributed by atoms with Crippen molar-refractivity contribution in [2.45, 2.75) is 19.1 Å². The first-order chi connectivity index (χ1) is 18.3. The molecule has 38 heavy (non-hydrogen) atoms. The SMILES string of the molecule is O=C(c1ccc(CN(CC(F)F)C(=O)c2ccc(Oc3ccccc3Cl)cc2)cc1)C(O)c1ccccc1. The molecule has 1 atom stereocenters. The normalized spacial score (nSPS) is 11.7. The average molecular weight is 536 g/mol. The summed E-state index contributed by atoms with van der Waals surface area (Å²) in [4.78, 5) is 26.8. The zero-order valence-corrected chi connectivity index (χ0v) is 20.9. The summed E-state index contributed by atoms with van der Waals surface area (Å²) in [6.07, 6.45) is -4.05. The van der Waals surface area contributed by atoms with Crippen LogP contribution in [0.2, 0.25) is 5.02 Å². The maximum Gasteiger partial charge on any atom is 0.255 e. The van der Waals surface area contributed by atoms with E-state index in [9.17, 15) is 23.5 Å². The number of hydrogen-bond acceptors (Lipinski definition) is 4. The summed E-state index contributed by atoms with van der Waals surface area (Å²) in [6, 6.07) is 27.8. The number of ether oxygens (including phenoxy) is 1.